The van der Waals surface area contributed by atoms with Crippen molar-refractivity contribution in [1.82, 2.24) is 0 Å². The average molecular weight is 256 g/mol. The number of para-hydroxylation sites is 1. The maximum absolute atomic E-state index is 12.0. The van der Waals surface area contributed by atoms with Crippen molar-refractivity contribution in [3.05, 3.63) is 59.7 Å². The van der Waals surface area contributed by atoms with Gasteiger partial charge in [-0.1, -0.05) is 24.3 Å². The van der Waals surface area contributed by atoms with Crippen LogP contribution in [-0.4, -0.2) is 18.0 Å². The molecule has 0 aliphatic rings. The third kappa shape index (κ3) is 3.35. The van der Waals surface area contributed by atoms with Gasteiger partial charge in [-0.05, 0) is 36.2 Å². The lowest BCUT2D eigenvalue weighted by Gasteiger charge is -2.05. The van der Waals surface area contributed by atoms with Crippen LogP contribution in [0, 0.1) is 0 Å². The molecule has 0 saturated heterocycles. The number of carbonyl (C=O) groups excluding carboxylic acids is 1. The molecule has 0 aliphatic heterocycles. The van der Waals surface area contributed by atoms with Crippen molar-refractivity contribution < 1.29 is 14.6 Å². The van der Waals surface area contributed by atoms with Gasteiger partial charge in [-0.25, -0.2) is 0 Å². The van der Waals surface area contributed by atoms with Crippen LogP contribution in [0.2, 0.25) is 0 Å². The fourth-order valence-corrected chi connectivity index (χ4v) is 1.89. The molecule has 0 bridgehead atoms. The summed E-state index contributed by atoms with van der Waals surface area (Å²) in [5, 5.41) is 9.61. The molecule has 2 rings (SSSR count). The normalized spacial score (nSPS) is 10.2. The average Bonchev–Trinajstić information content (AvgIpc) is 2.46. The zero-order valence-electron chi connectivity index (χ0n) is 10.8. The number of hydrogen-bond acceptors (Lipinski definition) is 3. The van der Waals surface area contributed by atoms with Gasteiger partial charge in [0, 0.05) is 6.42 Å². The van der Waals surface area contributed by atoms with Crippen molar-refractivity contribution in [2.75, 3.05) is 7.11 Å². The first-order valence-corrected chi connectivity index (χ1v) is 6.15. The highest BCUT2D eigenvalue weighted by Crippen LogP contribution is 2.19. The van der Waals surface area contributed by atoms with E-state index in [9.17, 15) is 9.90 Å². The molecule has 0 aromatic heterocycles. The van der Waals surface area contributed by atoms with Gasteiger partial charge in [-0.2, -0.15) is 0 Å². The van der Waals surface area contributed by atoms with E-state index in [4.69, 9.17) is 4.74 Å². The monoisotopic (exact) mass is 256 g/mol. The number of phenols is 1. The van der Waals surface area contributed by atoms with Crippen LogP contribution in [0.4, 0.5) is 0 Å². The van der Waals surface area contributed by atoms with Gasteiger partial charge in [0.25, 0.3) is 0 Å². The summed E-state index contributed by atoms with van der Waals surface area (Å²) in [6, 6.07) is 14.3. The summed E-state index contributed by atoms with van der Waals surface area (Å²) in [5.74, 6) is 0.798. The van der Waals surface area contributed by atoms with Crippen LogP contribution in [0.1, 0.15) is 22.3 Å². The van der Waals surface area contributed by atoms with Crippen molar-refractivity contribution in [1.29, 1.82) is 0 Å². The first kappa shape index (κ1) is 13.1. The summed E-state index contributed by atoms with van der Waals surface area (Å²) in [6.45, 7) is 0. The molecule has 2 aromatic carbocycles. The van der Waals surface area contributed by atoms with E-state index in [1.54, 1.807) is 25.3 Å². The molecule has 2 aromatic rings. The lowest BCUT2D eigenvalue weighted by molar-refractivity contribution is 0.0980. The summed E-state index contributed by atoms with van der Waals surface area (Å²) in [4.78, 5) is 12.0. The molecule has 0 atom stereocenters. The summed E-state index contributed by atoms with van der Waals surface area (Å²) >= 11 is 0. The van der Waals surface area contributed by atoms with Gasteiger partial charge in [-0.3, -0.25) is 4.79 Å². The minimum Gasteiger partial charge on any atom is -0.507 e. The summed E-state index contributed by atoms with van der Waals surface area (Å²) in [7, 11) is 1.62. The Morgan fingerprint density at radius 1 is 1.11 bits per heavy atom. The van der Waals surface area contributed by atoms with Crippen LogP contribution in [0.25, 0.3) is 0 Å². The number of rotatable bonds is 5. The van der Waals surface area contributed by atoms with Crippen molar-refractivity contribution in [2.45, 2.75) is 12.8 Å². The van der Waals surface area contributed by atoms with Gasteiger partial charge in [0.15, 0.2) is 5.78 Å². The lowest BCUT2D eigenvalue weighted by atomic mass is 10.0. The number of Topliss-reactive ketones (excluding diaryl/α,β-unsaturated/α-hetero) is 1. The van der Waals surface area contributed by atoms with Gasteiger partial charge in [0.2, 0.25) is 0 Å². The summed E-state index contributed by atoms with van der Waals surface area (Å²) in [5.41, 5.74) is 1.46. The standard InChI is InChI=1S/C16H16O3/c1-19-13-9-6-12(7-10-13)8-11-16(18)14-4-2-3-5-15(14)17/h2-7,9-10,17H,8,11H2,1H3. The molecule has 3 heteroatoms. The number of phenolic OH excluding ortho intramolecular Hbond substituents is 1. The molecule has 0 radical (unpaired) electrons. The van der Waals surface area contributed by atoms with Gasteiger partial charge < -0.3 is 9.84 Å². The van der Waals surface area contributed by atoms with Crippen LogP contribution in [0.5, 0.6) is 11.5 Å². The molecule has 0 spiro atoms. The van der Waals surface area contributed by atoms with E-state index in [0.717, 1.165) is 11.3 Å². The fraction of sp³-hybridized carbons (Fsp3) is 0.188. The molecule has 1 N–H and O–H groups in total. The molecular formula is C16H16O3. The first-order valence-electron chi connectivity index (χ1n) is 6.15. The number of benzene rings is 2. The Labute approximate surface area is 112 Å². The van der Waals surface area contributed by atoms with Crippen LogP contribution < -0.4 is 4.74 Å². The molecule has 0 heterocycles. The molecule has 19 heavy (non-hydrogen) atoms. The highest BCUT2D eigenvalue weighted by atomic mass is 16.5. The largest absolute Gasteiger partial charge is 0.507 e. The van der Waals surface area contributed by atoms with E-state index < -0.39 is 0 Å². The molecule has 3 nitrogen and oxygen atoms in total. The van der Waals surface area contributed by atoms with Crippen LogP contribution in [0.15, 0.2) is 48.5 Å². The lowest BCUT2D eigenvalue weighted by Crippen LogP contribution is -2.01. The smallest absolute Gasteiger partial charge is 0.166 e. The maximum atomic E-state index is 12.0. The minimum atomic E-state index is -0.0473. The molecule has 0 amide bonds. The van der Waals surface area contributed by atoms with Crippen LogP contribution in [-0.2, 0) is 6.42 Å². The van der Waals surface area contributed by atoms with E-state index >= 15 is 0 Å². The molecule has 0 unspecified atom stereocenters. The number of aromatic hydroxyl groups is 1. The first-order chi connectivity index (χ1) is 9.20. The molecule has 0 fully saturated rings. The predicted molar refractivity (Wildman–Crippen MR) is 73.8 cm³/mol. The molecule has 0 aliphatic carbocycles. The zero-order chi connectivity index (χ0) is 13.7. The summed E-state index contributed by atoms with van der Waals surface area (Å²) in [6.07, 6.45) is 1.03. The van der Waals surface area contributed by atoms with Crippen LogP contribution >= 0.6 is 0 Å². The van der Waals surface area contributed by atoms with Crippen molar-refractivity contribution in [3.63, 3.8) is 0 Å². The van der Waals surface area contributed by atoms with Gasteiger partial charge in [-0.15, -0.1) is 0 Å². The quantitative estimate of drug-likeness (QED) is 0.835. The van der Waals surface area contributed by atoms with Gasteiger partial charge in [0.1, 0.15) is 11.5 Å². The summed E-state index contributed by atoms with van der Waals surface area (Å²) < 4.78 is 5.08. The number of hydrogen-bond donors (Lipinski definition) is 1. The van der Waals surface area contributed by atoms with E-state index in [0.29, 0.717) is 18.4 Å². The third-order valence-electron chi connectivity index (χ3n) is 3.00. The Bertz CT molecular complexity index is 558. The SMILES string of the molecule is COc1ccc(CCC(=O)c2ccccc2O)cc1. The Kier molecular flexibility index (Phi) is 4.18. The topological polar surface area (TPSA) is 46.5 Å². The molecule has 98 valence electrons. The van der Waals surface area contributed by atoms with Crippen LogP contribution in [0.3, 0.4) is 0 Å². The fourth-order valence-electron chi connectivity index (χ4n) is 1.89. The third-order valence-corrected chi connectivity index (χ3v) is 3.00. The second-order valence-electron chi connectivity index (χ2n) is 4.29. The number of ether oxygens (including phenoxy) is 1. The number of aryl methyl sites for hydroxylation is 1. The van der Waals surface area contributed by atoms with Crippen molar-refractivity contribution in [2.24, 2.45) is 0 Å². The maximum Gasteiger partial charge on any atom is 0.166 e. The number of carbonyl (C=O) groups is 1. The molecule has 0 saturated carbocycles. The number of ketones is 1. The predicted octanol–water partition coefficient (Wildman–Crippen LogP) is 3.22. The Balaban J connectivity index is 1.98. The Hall–Kier alpha value is -2.29. The van der Waals surface area contributed by atoms with Gasteiger partial charge in [0.05, 0.1) is 12.7 Å². The Morgan fingerprint density at radius 3 is 2.42 bits per heavy atom. The van der Waals surface area contributed by atoms with Crippen molar-refractivity contribution >= 4 is 5.78 Å². The minimum absolute atomic E-state index is 0.0437. The van der Waals surface area contributed by atoms with E-state index in [2.05, 4.69) is 0 Å². The second kappa shape index (κ2) is 6.05. The van der Waals surface area contributed by atoms with E-state index in [1.807, 2.05) is 24.3 Å². The molecular weight excluding hydrogens is 240 g/mol. The van der Waals surface area contributed by atoms with Gasteiger partial charge >= 0.3 is 0 Å². The van der Waals surface area contributed by atoms with E-state index in [1.165, 1.54) is 6.07 Å². The highest BCUT2D eigenvalue weighted by Gasteiger charge is 2.10. The second-order valence-corrected chi connectivity index (χ2v) is 4.29. The zero-order valence-corrected chi connectivity index (χ0v) is 10.8. The number of methoxy groups -OCH3 is 1. The van der Waals surface area contributed by atoms with Crippen molar-refractivity contribution in [3.8, 4) is 11.5 Å². The highest BCUT2D eigenvalue weighted by molar-refractivity contribution is 5.98. The van der Waals surface area contributed by atoms with E-state index in [-0.39, 0.29) is 11.5 Å². The Morgan fingerprint density at radius 2 is 1.79 bits per heavy atom.